The maximum Gasteiger partial charge on any atom is 0.220 e. The van der Waals surface area contributed by atoms with E-state index >= 15 is 0 Å². The fraction of sp³-hybridized carbons (Fsp3) is 0.455. The highest BCUT2D eigenvalue weighted by Crippen LogP contribution is 2.34. The van der Waals surface area contributed by atoms with Crippen LogP contribution in [0.4, 0.5) is 5.69 Å². The van der Waals surface area contributed by atoms with Crippen LogP contribution in [0, 0.1) is 6.92 Å². The molecule has 0 spiro atoms. The summed E-state index contributed by atoms with van der Waals surface area (Å²) >= 11 is 0. The molecule has 2 N–H and O–H groups in total. The number of hydrogen-bond donors (Lipinski definition) is 1. The molecule has 1 aliphatic rings. The Hall–Kier alpha value is -1.78. The van der Waals surface area contributed by atoms with Gasteiger partial charge in [0.1, 0.15) is 0 Å². The zero-order valence-corrected chi connectivity index (χ0v) is 9.70. The molecule has 0 saturated heterocycles. The van der Waals surface area contributed by atoms with Crippen molar-refractivity contribution >= 4 is 11.6 Å². The van der Waals surface area contributed by atoms with Crippen molar-refractivity contribution in [3.63, 3.8) is 0 Å². The molecule has 5 heteroatoms. The number of rotatable bonds is 1. The standard InChI is InChI=1S/C11H15N3O2/c1-6-10(12)8-4-14(7(2)15)5-9(8)11(13-6)16-3/h4-5,12H2,1-3H3. The van der Waals surface area contributed by atoms with Gasteiger partial charge in [-0.2, -0.15) is 0 Å². The molecule has 0 fully saturated rings. The number of carbonyl (C=O) groups excluding carboxylic acids is 1. The molecule has 0 saturated carbocycles. The number of carbonyl (C=O) groups is 1. The summed E-state index contributed by atoms with van der Waals surface area (Å²) in [7, 11) is 1.58. The lowest BCUT2D eigenvalue weighted by molar-refractivity contribution is -0.129. The maximum atomic E-state index is 11.3. The summed E-state index contributed by atoms with van der Waals surface area (Å²) < 4.78 is 5.22. The van der Waals surface area contributed by atoms with Crippen LogP contribution in [0.15, 0.2) is 0 Å². The van der Waals surface area contributed by atoms with E-state index in [1.165, 1.54) is 0 Å². The molecule has 0 bridgehead atoms. The summed E-state index contributed by atoms with van der Waals surface area (Å²) in [6, 6.07) is 0. The van der Waals surface area contributed by atoms with E-state index in [0.717, 1.165) is 16.8 Å². The Labute approximate surface area is 94.2 Å². The zero-order chi connectivity index (χ0) is 11.9. The normalized spacial score (nSPS) is 13.8. The molecule has 1 amide bonds. The Bertz CT molecular complexity index is 457. The minimum absolute atomic E-state index is 0.0373. The van der Waals surface area contributed by atoms with Crippen molar-refractivity contribution in [3.05, 3.63) is 16.8 Å². The summed E-state index contributed by atoms with van der Waals surface area (Å²) in [4.78, 5) is 17.3. The van der Waals surface area contributed by atoms with Gasteiger partial charge in [-0.1, -0.05) is 0 Å². The number of nitrogen functional groups attached to an aromatic ring is 1. The Kier molecular flexibility index (Phi) is 2.46. The van der Waals surface area contributed by atoms with Crippen molar-refractivity contribution in [2.45, 2.75) is 26.9 Å². The second kappa shape index (κ2) is 3.66. The van der Waals surface area contributed by atoms with Gasteiger partial charge in [0.2, 0.25) is 11.8 Å². The summed E-state index contributed by atoms with van der Waals surface area (Å²) in [6.07, 6.45) is 0. The van der Waals surface area contributed by atoms with Gasteiger partial charge in [0, 0.05) is 24.6 Å². The highest BCUT2D eigenvalue weighted by molar-refractivity contribution is 5.75. The largest absolute Gasteiger partial charge is 0.481 e. The molecule has 1 aromatic heterocycles. The second-order valence-corrected chi connectivity index (χ2v) is 3.95. The second-order valence-electron chi connectivity index (χ2n) is 3.95. The van der Waals surface area contributed by atoms with Crippen LogP contribution in [0.1, 0.15) is 23.7 Å². The fourth-order valence-corrected chi connectivity index (χ4v) is 1.96. The molecule has 2 rings (SSSR count). The van der Waals surface area contributed by atoms with Crippen molar-refractivity contribution < 1.29 is 9.53 Å². The van der Waals surface area contributed by atoms with Crippen LogP contribution < -0.4 is 10.5 Å². The van der Waals surface area contributed by atoms with E-state index in [4.69, 9.17) is 10.5 Å². The van der Waals surface area contributed by atoms with Gasteiger partial charge in [-0.25, -0.2) is 4.98 Å². The lowest BCUT2D eigenvalue weighted by atomic mass is 10.1. The zero-order valence-electron chi connectivity index (χ0n) is 9.70. The van der Waals surface area contributed by atoms with Crippen molar-refractivity contribution in [2.24, 2.45) is 0 Å². The first kappa shape index (κ1) is 10.7. The van der Waals surface area contributed by atoms with Crippen molar-refractivity contribution in [2.75, 3.05) is 12.8 Å². The van der Waals surface area contributed by atoms with Crippen LogP contribution in [0.2, 0.25) is 0 Å². The van der Waals surface area contributed by atoms with Gasteiger partial charge in [-0.05, 0) is 6.92 Å². The first-order valence-corrected chi connectivity index (χ1v) is 5.12. The predicted octanol–water partition coefficient (Wildman–Crippen LogP) is 0.843. The highest BCUT2D eigenvalue weighted by Gasteiger charge is 2.27. The van der Waals surface area contributed by atoms with E-state index in [2.05, 4.69) is 4.98 Å². The van der Waals surface area contributed by atoms with Crippen LogP contribution in [-0.2, 0) is 17.9 Å². The van der Waals surface area contributed by atoms with Gasteiger partial charge in [0.15, 0.2) is 0 Å². The molecule has 1 aromatic rings. The van der Waals surface area contributed by atoms with Crippen molar-refractivity contribution in [1.29, 1.82) is 0 Å². The SMILES string of the molecule is COc1nc(C)c(N)c2c1CN(C(C)=O)C2. The molecular weight excluding hydrogens is 206 g/mol. The molecule has 0 atom stereocenters. The molecule has 1 aliphatic heterocycles. The van der Waals surface area contributed by atoms with Crippen LogP contribution in [0.25, 0.3) is 0 Å². The fourth-order valence-electron chi connectivity index (χ4n) is 1.96. The summed E-state index contributed by atoms with van der Waals surface area (Å²) in [6.45, 7) is 4.48. The number of anilines is 1. The minimum atomic E-state index is 0.0373. The van der Waals surface area contributed by atoms with E-state index in [1.54, 1.807) is 18.9 Å². The van der Waals surface area contributed by atoms with E-state index in [1.807, 2.05) is 6.92 Å². The van der Waals surface area contributed by atoms with Crippen molar-refractivity contribution in [3.8, 4) is 5.88 Å². The molecule has 0 unspecified atom stereocenters. The average Bonchev–Trinajstić information content (AvgIpc) is 2.68. The summed E-state index contributed by atoms with van der Waals surface area (Å²) in [5.41, 5.74) is 9.28. The maximum absolute atomic E-state index is 11.3. The van der Waals surface area contributed by atoms with E-state index in [9.17, 15) is 4.79 Å². The van der Waals surface area contributed by atoms with Gasteiger partial charge in [0.05, 0.1) is 25.0 Å². The number of aromatic nitrogens is 1. The molecule has 86 valence electrons. The predicted molar refractivity (Wildman–Crippen MR) is 59.9 cm³/mol. The van der Waals surface area contributed by atoms with Gasteiger partial charge >= 0.3 is 0 Å². The Morgan fingerprint density at radius 3 is 2.62 bits per heavy atom. The summed E-state index contributed by atoms with van der Waals surface area (Å²) in [5.74, 6) is 0.612. The van der Waals surface area contributed by atoms with Gasteiger partial charge in [0.25, 0.3) is 0 Å². The van der Waals surface area contributed by atoms with E-state index in [-0.39, 0.29) is 5.91 Å². The third-order valence-electron chi connectivity index (χ3n) is 2.94. The first-order valence-electron chi connectivity index (χ1n) is 5.12. The first-order chi connectivity index (χ1) is 7.54. The Balaban J connectivity index is 2.50. The number of nitrogens with two attached hydrogens (primary N) is 1. The average molecular weight is 221 g/mol. The number of methoxy groups -OCH3 is 1. The van der Waals surface area contributed by atoms with Crippen LogP contribution >= 0.6 is 0 Å². The Morgan fingerprint density at radius 1 is 1.44 bits per heavy atom. The van der Waals surface area contributed by atoms with Crippen LogP contribution in [0.5, 0.6) is 5.88 Å². The number of hydrogen-bond acceptors (Lipinski definition) is 4. The van der Waals surface area contributed by atoms with Gasteiger partial charge in [-0.3, -0.25) is 4.79 Å². The lowest BCUT2D eigenvalue weighted by Gasteiger charge is -2.11. The number of pyridine rings is 1. The smallest absolute Gasteiger partial charge is 0.220 e. The minimum Gasteiger partial charge on any atom is -0.481 e. The highest BCUT2D eigenvalue weighted by atomic mass is 16.5. The molecule has 2 heterocycles. The van der Waals surface area contributed by atoms with Crippen LogP contribution in [0.3, 0.4) is 0 Å². The number of fused-ring (bicyclic) bond motifs is 1. The molecule has 5 nitrogen and oxygen atoms in total. The van der Waals surface area contributed by atoms with Crippen molar-refractivity contribution in [1.82, 2.24) is 9.88 Å². The van der Waals surface area contributed by atoms with E-state index < -0.39 is 0 Å². The molecule has 0 radical (unpaired) electrons. The summed E-state index contributed by atoms with van der Waals surface area (Å²) in [5, 5.41) is 0. The van der Waals surface area contributed by atoms with E-state index in [0.29, 0.717) is 24.7 Å². The monoisotopic (exact) mass is 221 g/mol. The molecule has 16 heavy (non-hydrogen) atoms. The molecular formula is C11H15N3O2. The quantitative estimate of drug-likeness (QED) is 0.763. The van der Waals surface area contributed by atoms with Gasteiger partial charge in [-0.15, -0.1) is 0 Å². The number of ether oxygens (including phenoxy) is 1. The number of amides is 1. The number of aryl methyl sites for hydroxylation is 1. The number of nitrogens with zero attached hydrogens (tertiary/aromatic N) is 2. The molecule has 0 aliphatic carbocycles. The lowest BCUT2D eigenvalue weighted by Crippen LogP contribution is -2.21. The third kappa shape index (κ3) is 1.48. The van der Waals surface area contributed by atoms with Gasteiger partial charge < -0.3 is 15.4 Å². The van der Waals surface area contributed by atoms with Crippen LogP contribution in [-0.4, -0.2) is 22.9 Å². The molecule has 0 aromatic carbocycles. The Morgan fingerprint density at radius 2 is 2.06 bits per heavy atom. The third-order valence-corrected chi connectivity index (χ3v) is 2.94. The topological polar surface area (TPSA) is 68.5 Å².